The maximum absolute atomic E-state index is 10.5. The lowest BCUT2D eigenvalue weighted by atomic mass is 10.1. The van der Waals surface area contributed by atoms with Gasteiger partial charge >= 0.3 is 5.88 Å². The van der Waals surface area contributed by atoms with E-state index in [2.05, 4.69) is 76.9 Å². The van der Waals surface area contributed by atoms with Crippen LogP contribution in [-0.4, -0.2) is 6.47 Å². The Morgan fingerprint density at radius 3 is 1.64 bits per heavy atom. The number of rotatable bonds is 6. The van der Waals surface area contributed by atoms with Gasteiger partial charge in [0.2, 0.25) is 0 Å². The van der Waals surface area contributed by atoms with Crippen LogP contribution in [0.25, 0.3) is 10.9 Å². The molecule has 0 amide bonds. The second-order valence-corrected chi connectivity index (χ2v) is 6.41. The van der Waals surface area contributed by atoms with Gasteiger partial charge in [-0.05, 0) is 61.9 Å². The number of anilines is 3. The molecule has 0 heterocycles. The highest BCUT2D eigenvalue weighted by Gasteiger charge is 2.12. The lowest BCUT2D eigenvalue weighted by Crippen LogP contribution is -2.09. The summed E-state index contributed by atoms with van der Waals surface area (Å²) in [6.45, 7) is 11.4. The Bertz CT molecular complexity index is 967. The molecule has 0 unspecified atom stereocenters. The molecule has 0 aromatic heterocycles. The van der Waals surface area contributed by atoms with E-state index in [4.69, 9.17) is 6.57 Å². The normalized spacial score (nSPS) is 10.8. The van der Waals surface area contributed by atoms with Crippen LogP contribution in [-0.2, 0) is 9.53 Å². The maximum Gasteiger partial charge on any atom is 0.348 e. The molecule has 3 rings (SSSR count). The molecule has 0 fully saturated rings. The number of carbonyl (C=O) groups is 1. The smallest absolute Gasteiger partial charge is 0.348 e. The van der Waals surface area contributed by atoms with Crippen molar-refractivity contribution in [3.05, 3.63) is 107 Å². The first-order valence-electron chi connectivity index (χ1n) is 8.84. The molecule has 0 bridgehead atoms. The molecule has 0 atom stereocenters. The summed E-state index contributed by atoms with van der Waals surface area (Å²) in [5, 5.41) is 0. The standard InChI is InChI=1S/C24H20N2O2/c1-18-4-10-21(11-5-18)26(22-12-6-19(2)7-13-22)23-14-8-20(9-15-23)16-24(25-3)28-17-27/h4-17H,1-2H3/b24-16-. The fourth-order valence-corrected chi connectivity index (χ4v) is 2.84. The highest BCUT2D eigenvalue weighted by Crippen LogP contribution is 2.34. The van der Waals surface area contributed by atoms with Gasteiger partial charge in [0.05, 0.1) is 6.57 Å². The van der Waals surface area contributed by atoms with Gasteiger partial charge in [-0.25, -0.2) is 0 Å². The van der Waals surface area contributed by atoms with Gasteiger partial charge in [-0.2, -0.15) is 4.85 Å². The monoisotopic (exact) mass is 368 g/mol. The summed E-state index contributed by atoms with van der Waals surface area (Å²) >= 11 is 0. The molecule has 0 aliphatic rings. The summed E-state index contributed by atoms with van der Waals surface area (Å²) in [4.78, 5) is 15.8. The van der Waals surface area contributed by atoms with Crippen LogP contribution in [0.4, 0.5) is 17.1 Å². The summed E-state index contributed by atoms with van der Waals surface area (Å²) in [5.41, 5.74) is 6.30. The number of aryl methyl sites for hydroxylation is 2. The van der Waals surface area contributed by atoms with Crippen LogP contribution in [0.1, 0.15) is 16.7 Å². The molecule has 4 nitrogen and oxygen atoms in total. The maximum atomic E-state index is 10.5. The van der Waals surface area contributed by atoms with Gasteiger partial charge in [0.1, 0.15) is 0 Å². The SMILES string of the molecule is [C-]#[N+]/C(=C/c1ccc(N(c2ccc(C)cc2)c2ccc(C)cc2)cc1)OC=O. The Morgan fingerprint density at radius 2 is 1.25 bits per heavy atom. The van der Waals surface area contributed by atoms with Crippen molar-refractivity contribution >= 4 is 29.6 Å². The van der Waals surface area contributed by atoms with Crippen molar-refractivity contribution < 1.29 is 9.53 Å². The molecule has 4 heteroatoms. The van der Waals surface area contributed by atoms with E-state index in [0.717, 1.165) is 22.6 Å². The number of hydrogen-bond acceptors (Lipinski definition) is 3. The fourth-order valence-electron chi connectivity index (χ4n) is 2.84. The molecule has 0 N–H and O–H groups in total. The van der Waals surface area contributed by atoms with Crippen molar-refractivity contribution in [3.8, 4) is 0 Å². The quantitative estimate of drug-likeness (QED) is 0.297. The van der Waals surface area contributed by atoms with Crippen LogP contribution in [0.3, 0.4) is 0 Å². The first-order valence-corrected chi connectivity index (χ1v) is 8.84. The highest BCUT2D eigenvalue weighted by molar-refractivity contribution is 5.77. The zero-order valence-electron chi connectivity index (χ0n) is 15.8. The number of ether oxygens (including phenoxy) is 1. The lowest BCUT2D eigenvalue weighted by molar-refractivity contribution is -0.124. The number of carbonyl (C=O) groups excluding carboxylic acids is 1. The highest BCUT2D eigenvalue weighted by atomic mass is 16.5. The third kappa shape index (κ3) is 4.46. The third-order valence-corrected chi connectivity index (χ3v) is 4.30. The lowest BCUT2D eigenvalue weighted by Gasteiger charge is -2.25. The van der Waals surface area contributed by atoms with Gasteiger partial charge < -0.3 is 9.64 Å². The zero-order chi connectivity index (χ0) is 19.9. The number of benzene rings is 3. The molecular weight excluding hydrogens is 348 g/mol. The van der Waals surface area contributed by atoms with Crippen LogP contribution < -0.4 is 4.90 Å². The first kappa shape index (κ1) is 18.9. The van der Waals surface area contributed by atoms with Gasteiger partial charge in [-0.1, -0.05) is 47.5 Å². The Hall–Kier alpha value is -3.84. The fraction of sp³-hybridized carbons (Fsp3) is 0.0833. The molecule has 0 saturated heterocycles. The van der Waals surface area contributed by atoms with Crippen LogP contribution in [0, 0.1) is 20.4 Å². The van der Waals surface area contributed by atoms with Crippen molar-refractivity contribution in [3.63, 3.8) is 0 Å². The second kappa shape index (κ2) is 8.70. The number of hydrogen-bond donors (Lipinski definition) is 0. The molecule has 138 valence electrons. The van der Waals surface area contributed by atoms with Crippen molar-refractivity contribution in [1.82, 2.24) is 0 Å². The average molecular weight is 368 g/mol. The molecule has 3 aromatic carbocycles. The molecule has 0 spiro atoms. The molecule has 28 heavy (non-hydrogen) atoms. The Morgan fingerprint density at radius 1 is 0.821 bits per heavy atom. The summed E-state index contributed by atoms with van der Waals surface area (Å²) in [7, 11) is 0. The van der Waals surface area contributed by atoms with Gasteiger partial charge in [0.25, 0.3) is 6.47 Å². The first-order chi connectivity index (χ1) is 13.6. The van der Waals surface area contributed by atoms with Gasteiger partial charge in [0.15, 0.2) is 0 Å². The van der Waals surface area contributed by atoms with Crippen molar-refractivity contribution in [2.45, 2.75) is 13.8 Å². The van der Waals surface area contributed by atoms with Crippen LogP contribution in [0.2, 0.25) is 0 Å². The largest absolute Gasteiger partial charge is 0.454 e. The predicted octanol–water partition coefficient (Wildman–Crippen LogP) is 6.16. The zero-order valence-corrected chi connectivity index (χ0v) is 15.8. The van der Waals surface area contributed by atoms with Crippen molar-refractivity contribution in [1.29, 1.82) is 0 Å². The molecule has 3 aromatic rings. The second-order valence-electron chi connectivity index (χ2n) is 6.41. The Kier molecular flexibility index (Phi) is 5.88. The predicted molar refractivity (Wildman–Crippen MR) is 112 cm³/mol. The molecular formula is C24H20N2O2. The molecule has 0 aliphatic carbocycles. The van der Waals surface area contributed by atoms with E-state index in [9.17, 15) is 4.79 Å². The van der Waals surface area contributed by atoms with Gasteiger partial charge in [0, 0.05) is 17.1 Å². The van der Waals surface area contributed by atoms with E-state index >= 15 is 0 Å². The average Bonchev–Trinajstić information content (AvgIpc) is 2.72. The van der Waals surface area contributed by atoms with Gasteiger partial charge in [-0.15, -0.1) is 0 Å². The Labute approximate surface area is 165 Å². The minimum absolute atomic E-state index is 0.0586. The van der Waals surface area contributed by atoms with Crippen LogP contribution in [0.15, 0.2) is 78.7 Å². The topological polar surface area (TPSA) is 33.9 Å². The van der Waals surface area contributed by atoms with Gasteiger partial charge in [-0.3, -0.25) is 4.79 Å². The minimum atomic E-state index is -0.0586. The molecule has 0 aliphatic heterocycles. The van der Waals surface area contributed by atoms with Crippen molar-refractivity contribution in [2.75, 3.05) is 4.90 Å². The van der Waals surface area contributed by atoms with E-state index in [-0.39, 0.29) is 12.4 Å². The van der Waals surface area contributed by atoms with E-state index < -0.39 is 0 Å². The van der Waals surface area contributed by atoms with E-state index in [1.165, 1.54) is 17.2 Å². The summed E-state index contributed by atoms with van der Waals surface area (Å²) < 4.78 is 4.65. The number of nitrogens with zero attached hydrogens (tertiary/aromatic N) is 2. The Balaban J connectivity index is 2.01. The van der Waals surface area contributed by atoms with Crippen LogP contribution >= 0.6 is 0 Å². The summed E-state index contributed by atoms with van der Waals surface area (Å²) in [5.74, 6) is -0.0586. The van der Waals surface area contributed by atoms with E-state index in [1.54, 1.807) is 0 Å². The summed E-state index contributed by atoms with van der Waals surface area (Å²) in [6, 6.07) is 24.5. The minimum Gasteiger partial charge on any atom is -0.454 e. The van der Waals surface area contributed by atoms with E-state index in [1.807, 2.05) is 24.3 Å². The molecule has 0 saturated carbocycles. The summed E-state index contributed by atoms with van der Waals surface area (Å²) in [6.07, 6.45) is 1.53. The van der Waals surface area contributed by atoms with E-state index in [0.29, 0.717) is 0 Å². The van der Waals surface area contributed by atoms with Crippen molar-refractivity contribution in [2.24, 2.45) is 0 Å². The third-order valence-electron chi connectivity index (χ3n) is 4.30. The molecule has 0 radical (unpaired) electrons. The van der Waals surface area contributed by atoms with Crippen LogP contribution in [0.5, 0.6) is 0 Å².